The van der Waals surface area contributed by atoms with Crippen LogP contribution < -0.4 is 5.32 Å². The van der Waals surface area contributed by atoms with E-state index in [-0.39, 0.29) is 0 Å². The summed E-state index contributed by atoms with van der Waals surface area (Å²) in [5.41, 5.74) is 2.40. The summed E-state index contributed by atoms with van der Waals surface area (Å²) in [6.07, 6.45) is 5.61. The second-order valence-electron chi connectivity index (χ2n) is 6.11. The summed E-state index contributed by atoms with van der Waals surface area (Å²) < 4.78 is 0. The SMILES string of the molecule is CC1(C)CCCC1Nc1cc(Cl)cc2cccnc12. The molecule has 0 spiro atoms. The van der Waals surface area contributed by atoms with Crippen LogP contribution in [0.1, 0.15) is 33.1 Å². The van der Waals surface area contributed by atoms with Crippen molar-refractivity contribution >= 4 is 28.2 Å². The quantitative estimate of drug-likeness (QED) is 0.844. The Balaban J connectivity index is 2.01. The van der Waals surface area contributed by atoms with Gasteiger partial charge in [-0.25, -0.2) is 0 Å². The third kappa shape index (κ3) is 2.42. The van der Waals surface area contributed by atoms with Crippen molar-refractivity contribution in [3.05, 3.63) is 35.5 Å². The Morgan fingerprint density at radius 2 is 2.21 bits per heavy atom. The van der Waals surface area contributed by atoms with E-state index in [2.05, 4.69) is 30.2 Å². The zero-order valence-electron chi connectivity index (χ0n) is 11.4. The molecule has 0 aliphatic heterocycles. The predicted molar refractivity (Wildman–Crippen MR) is 81.8 cm³/mol. The molecular weight excluding hydrogens is 256 g/mol. The van der Waals surface area contributed by atoms with Crippen molar-refractivity contribution in [3.8, 4) is 0 Å². The number of halogens is 1. The monoisotopic (exact) mass is 274 g/mol. The molecule has 1 unspecified atom stereocenters. The number of hydrogen-bond donors (Lipinski definition) is 1. The van der Waals surface area contributed by atoms with Gasteiger partial charge in [0.15, 0.2) is 0 Å². The highest BCUT2D eigenvalue weighted by molar-refractivity contribution is 6.31. The maximum atomic E-state index is 6.21. The van der Waals surface area contributed by atoms with Crippen molar-refractivity contribution in [2.45, 2.75) is 39.2 Å². The Labute approximate surface area is 119 Å². The fraction of sp³-hybridized carbons (Fsp3) is 0.438. The number of aromatic nitrogens is 1. The average molecular weight is 275 g/mol. The number of benzene rings is 1. The van der Waals surface area contributed by atoms with Crippen molar-refractivity contribution < 1.29 is 0 Å². The van der Waals surface area contributed by atoms with Crippen LogP contribution in [0.4, 0.5) is 5.69 Å². The molecule has 1 aromatic heterocycles. The molecule has 1 aromatic carbocycles. The van der Waals surface area contributed by atoms with Gasteiger partial charge in [-0.05, 0) is 36.5 Å². The zero-order chi connectivity index (χ0) is 13.5. The molecule has 0 radical (unpaired) electrons. The van der Waals surface area contributed by atoms with E-state index < -0.39 is 0 Å². The summed E-state index contributed by atoms with van der Waals surface area (Å²) >= 11 is 6.21. The summed E-state index contributed by atoms with van der Waals surface area (Å²) in [5.74, 6) is 0. The molecule has 0 bridgehead atoms. The average Bonchev–Trinajstić information content (AvgIpc) is 2.68. The van der Waals surface area contributed by atoms with E-state index >= 15 is 0 Å². The molecule has 3 heteroatoms. The van der Waals surface area contributed by atoms with Crippen molar-refractivity contribution in [1.29, 1.82) is 0 Å². The molecule has 3 rings (SSSR count). The first-order chi connectivity index (χ1) is 9.06. The van der Waals surface area contributed by atoms with E-state index in [4.69, 9.17) is 11.6 Å². The fourth-order valence-electron chi connectivity index (χ4n) is 3.05. The number of nitrogens with zero attached hydrogens (tertiary/aromatic N) is 1. The lowest BCUT2D eigenvalue weighted by molar-refractivity contribution is 0.350. The Hall–Kier alpha value is -1.28. The maximum Gasteiger partial charge on any atom is 0.0934 e. The lowest BCUT2D eigenvalue weighted by Crippen LogP contribution is -2.30. The first kappa shape index (κ1) is 12.7. The Bertz CT molecular complexity index is 607. The molecule has 1 N–H and O–H groups in total. The molecule has 1 aliphatic rings. The van der Waals surface area contributed by atoms with Gasteiger partial charge in [0, 0.05) is 22.6 Å². The van der Waals surface area contributed by atoms with Crippen LogP contribution in [0.25, 0.3) is 10.9 Å². The van der Waals surface area contributed by atoms with Crippen LogP contribution >= 0.6 is 11.6 Å². The van der Waals surface area contributed by atoms with E-state index in [1.54, 1.807) is 0 Å². The van der Waals surface area contributed by atoms with Crippen molar-refractivity contribution in [1.82, 2.24) is 4.98 Å². The molecule has 19 heavy (non-hydrogen) atoms. The molecule has 0 amide bonds. The molecule has 100 valence electrons. The van der Waals surface area contributed by atoms with Crippen molar-refractivity contribution in [3.63, 3.8) is 0 Å². The summed E-state index contributed by atoms with van der Waals surface area (Å²) in [5, 5.41) is 5.52. The summed E-state index contributed by atoms with van der Waals surface area (Å²) in [7, 11) is 0. The molecule has 1 aliphatic carbocycles. The van der Waals surface area contributed by atoms with Gasteiger partial charge in [-0.15, -0.1) is 0 Å². The highest BCUT2D eigenvalue weighted by atomic mass is 35.5. The lowest BCUT2D eigenvalue weighted by atomic mass is 9.87. The minimum Gasteiger partial charge on any atom is -0.380 e. The van der Waals surface area contributed by atoms with E-state index in [0.717, 1.165) is 21.6 Å². The van der Waals surface area contributed by atoms with Crippen molar-refractivity contribution in [2.24, 2.45) is 5.41 Å². The predicted octanol–water partition coefficient (Wildman–Crippen LogP) is 4.88. The van der Waals surface area contributed by atoms with Gasteiger partial charge in [0.2, 0.25) is 0 Å². The van der Waals surface area contributed by atoms with Gasteiger partial charge in [-0.2, -0.15) is 0 Å². The minimum atomic E-state index is 0.337. The van der Waals surface area contributed by atoms with Crippen molar-refractivity contribution in [2.75, 3.05) is 5.32 Å². The van der Waals surface area contributed by atoms with E-state index in [0.29, 0.717) is 11.5 Å². The second-order valence-corrected chi connectivity index (χ2v) is 6.54. The molecule has 1 heterocycles. The molecule has 0 saturated heterocycles. The molecule has 2 aromatic rings. The third-order valence-corrected chi connectivity index (χ3v) is 4.47. The second kappa shape index (κ2) is 4.68. The minimum absolute atomic E-state index is 0.337. The molecule has 1 atom stereocenters. The third-order valence-electron chi connectivity index (χ3n) is 4.26. The van der Waals surface area contributed by atoms with Gasteiger partial charge >= 0.3 is 0 Å². The Morgan fingerprint density at radius 1 is 1.37 bits per heavy atom. The van der Waals surface area contributed by atoms with Gasteiger partial charge < -0.3 is 5.32 Å². The van der Waals surface area contributed by atoms with Crippen LogP contribution in [0.3, 0.4) is 0 Å². The van der Waals surface area contributed by atoms with Crippen LogP contribution in [0.15, 0.2) is 30.5 Å². The van der Waals surface area contributed by atoms with Crippen LogP contribution in [0.5, 0.6) is 0 Å². The van der Waals surface area contributed by atoms with Gasteiger partial charge in [0.25, 0.3) is 0 Å². The molecule has 1 saturated carbocycles. The van der Waals surface area contributed by atoms with Crippen LogP contribution in [0.2, 0.25) is 5.02 Å². The standard InChI is InChI=1S/C16H19ClN2/c1-16(2)7-3-6-14(16)19-13-10-12(17)9-11-5-4-8-18-15(11)13/h4-5,8-10,14,19H,3,6-7H2,1-2H3. The van der Waals surface area contributed by atoms with Crippen LogP contribution in [-0.2, 0) is 0 Å². The van der Waals surface area contributed by atoms with Gasteiger partial charge in [-0.3, -0.25) is 4.98 Å². The lowest BCUT2D eigenvalue weighted by Gasteiger charge is -2.29. The number of hydrogen-bond acceptors (Lipinski definition) is 2. The highest BCUT2D eigenvalue weighted by Crippen LogP contribution is 2.40. The highest BCUT2D eigenvalue weighted by Gasteiger charge is 2.34. The Morgan fingerprint density at radius 3 is 2.95 bits per heavy atom. The maximum absolute atomic E-state index is 6.21. The first-order valence-corrected chi connectivity index (χ1v) is 7.25. The van der Waals surface area contributed by atoms with E-state index in [1.165, 1.54) is 19.3 Å². The normalized spacial score (nSPS) is 21.7. The fourth-order valence-corrected chi connectivity index (χ4v) is 3.27. The van der Waals surface area contributed by atoms with E-state index in [9.17, 15) is 0 Å². The molecular formula is C16H19ClN2. The van der Waals surface area contributed by atoms with Gasteiger partial charge in [0.05, 0.1) is 11.2 Å². The van der Waals surface area contributed by atoms with Crippen LogP contribution in [0, 0.1) is 5.41 Å². The first-order valence-electron chi connectivity index (χ1n) is 6.87. The summed E-state index contributed by atoms with van der Waals surface area (Å²) in [4.78, 5) is 4.49. The van der Waals surface area contributed by atoms with Gasteiger partial charge in [-0.1, -0.05) is 37.9 Å². The number of pyridine rings is 1. The van der Waals surface area contributed by atoms with Gasteiger partial charge in [0.1, 0.15) is 0 Å². The van der Waals surface area contributed by atoms with E-state index in [1.807, 2.05) is 24.4 Å². The summed E-state index contributed by atoms with van der Waals surface area (Å²) in [6.45, 7) is 4.66. The topological polar surface area (TPSA) is 24.9 Å². The summed E-state index contributed by atoms with van der Waals surface area (Å²) in [6, 6.07) is 8.46. The number of fused-ring (bicyclic) bond motifs is 1. The number of rotatable bonds is 2. The zero-order valence-corrected chi connectivity index (χ0v) is 12.2. The Kier molecular flexibility index (Phi) is 3.14. The molecule has 2 nitrogen and oxygen atoms in total. The smallest absolute Gasteiger partial charge is 0.0934 e. The number of anilines is 1. The molecule has 1 fully saturated rings. The largest absolute Gasteiger partial charge is 0.380 e. The van der Waals surface area contributed by atoms with Crippen LogP contribution in [-0.4, -0.2) is 11.0 Å². The number of nitrogens with one attached hydrogen (secondary N) is 1.